The molecule has 0 bridgehead atoms. The number of hydrogen-bond acceptors (Lipinski definition) is 7. The minimum Gasteiger partial charge on any atom is -0.388 e. The van der Waals surface area contributed by atoms with E-state index >= 15 is 0 Å². The van der Waals surface area contributed by atoms with Crippen LogP contribution < -0.4 is 10.9 Å². The van der Waals surface area contributed by atoms with Gasteiger partial charge in [0.2, 0.25) is 0 Å². The van der Waals surface area contributed by atoms with Crippen molar-refractivity contribution in [3.05, 3.63) is 30.1 Å². The first-order valence-corrected chi connectivity index (χ1v) is 6.16. The fourth-order valence-electron chi connectivity index (χ4n) is 1.88. The van der Waals surface area contributed by atoms with Gasteiger partial charge in [-0.3, -0.25) is 15.2 Å². The van der Waals surface area contributed by atoms with E-state index < -0.39 is 36.6 Å². The molecule has 0 unspecified atom stereocenters. The lowest BCUT2D eigenvalue weighted by atomic mass is 9.99. The summed E-state index contributed by atoms with van der Waals surface area (Å²) in [7, 11) is 0. The molecule has 2 rings (SSSR count). The highest BCUT2D eigenvalue weighted by Crippen LogP contribution is 2.18. The van der Waals surface area contributed by atoms with Gasteiger partial charge >= 0.3 is 0 Å². The Balaban J connectivity index is 1.92. The SMILES string of the molecule is C[C@H]1O[C@@H](NNC(=O)c2ccncc2)[C@@H](O)[C@@H](O)[C@@H]1O. The predicted octanol–water partition coefficient (Wildman–Crippen LogP) is -1.86. The number of hydrazine groups is 1. The summed E-state index contributed by atoms with van der Waals surface area (Å²) in [6, 6.07) is 3.05. The van der Waals surface area contributed by atoms with Crippen molar-refractivity contribution in [2.75, 3.05) is 0 Å². The topological polar surface area (TPSA) is 124 Å². The second kappa shape index (κ2) is 6.25. The molecule has 0 radical (unpaired) electrons. The van der Waals surface area contributed by atoms with Crippen LogP contribution in [0.5, 0.6) is 0 Å². The van der Waals surface area contributed by atoms with Gasteiger partial charge in [-0.1, -0.05) is 0 Å². The van der Waals surface area contributed by atoms with Crippen LogP contribution in [0.2, 0.25) is 0 Å². The lowest BCUT2D eigenvalue weighted by Crippen LogP contribution is -2.63. The van der Waals surface area contributed by atoms with E-state index in [1.165, 1.54) is 24.5 Å². The van der Waals surface area contributed by atoms with Gasteiger partial charge in [-0.25, -0.2) is 5.43 Å². The monoisotopic (exact) mass is 283 g/mol. The zero-order chi connectivity index (χ0) is 14.7. The van der Waals surface area contributed by atoms with Gasteiger partial charge in [-0.2, -0.15) is 0 Å². The van der Waals surface area contributed by atoms with Crippen LogP contribution in [0.25, 0.3) is 0 Å². The summed E-state index contributed by atoms with van der Waals surface area (Å²) >= 11 is 0. The Morgan fingerprint density at radius 3 is 2.50 bits per heavy atom. The molecule has 1 fully saturated rings. The number of nitrogens with zero attached hydrogens (tertiary/aromatic N) is 1. The molecule has 0 saturated carbocycles. The predicted molar refractivity (Wildman–Crippen MR) is 67.2 cm³/mol. The van der Waals surface area contributed by atoms with Gasteiger partial charge in [-0.05, 0) is 19.1 Å². The molecule has 1 saturated heterocycles. The largest absolute Gasteiger partial charge is 0.388 e. The first-order chi connectivity index (χ1) is 9.50. The molecular formula is C12H17N3O5. The van der Waals surface area contributed by atoms with Crippen molar-refractivity contribution in [3.8, 4) is 0 Å². The zero-order valence-corrected chi connectivity index (χ0v) is 10.8. The standard InChI is InChI=1S/C12H17N3O5/c1-6-8(16)9(17)10(18)12(20-6)15-14-11(19)7-2-4-13-5-3-7/h2-6,8-10,12,15-18H,1H3,(H,14,19)/t6-,8-,9+,10+,12-/m1/s1. The molecule has 2 heterocycles. The zero-order valence-electron chi connectivity index (χ0n) is 10.8. The van der Waals surface area contributed by atoms with E-state index in [9.17, 15) is 20.1 Å². The van der Waals surface area contributed by atoms with Gasteiger partial charge in [0.05, 0.1) is 6.10 Å². The van der Waals surface area contributed by atoms with Crippen molar-refractivity contribution in [1.29, 1.82) is 0 Å². The Bertz CT molecular complexity index is 458. The Morgan fingerprint density at radius 2 is 1.85 bits per heavy atom. The van der Waals surface area contributed by atoms with Crippen LogP contribution >= 0.6 is 0 Å². The molecule has 8 heteroatoms. The molecule has 1 amide bonds. The van der Waals surface area contributed by atoms with Crippen LogP contribution in [0.1, 0.15) is 17.3 Å². The molecule has 110 valence electrons. The number of nitrogens with one attached hydrogen (secondary N) is 2. The number of aliphatic hydroxyl groups excluding tert-OH is 3. The smallest absolute Gasteiger partial charge is 0.265 e. The molecule has 5 atom stereocenters. The number of aliphatic hydroxyl groups is 3. The van der Waals surface area contributed by atoms with Gasteiger partial charge in [0.15, 0.2) is 6.23 Å². The number of rotatable bonds is 3. The number of hydrogen-bond donors (Lipinski definition) is 5. The van der Waals surface area contributed by atoms with E-state index in [0.717, 1.165) is 0 Å². The van der Waals surface area contributed by atoms with Crippen molar-refractivity contribution in [3.63, 3.8) is 0 Å². The van der Waals surface area contributed by atoms with E-state index in [1.54, 1.807) is 6.92 Å². The maximum atomic E-state index is 11.8. The quantitative estimate of drug-likeness (QED) is 0.412. The van der Waals surface area contributed by atoms with E-state index in [1.807, 2.05) is 0 Å². The van der Waals surface area contributed by atoms with E-state index in [0.29, 0.717) is 5.56 Å². The summed E-state index contributed by atoms with van der Waals surface area (Å²) in [4.78, 5) is 15.6. The minimum absolute atomic E-state index is 0.381. The number of ether oxygens (including phenoxy) is 1. The van der Waals surface area contributed by atoms with Crippen LogP contribution in [0.4, 0.5) is 0 Å². The van der Waals surface area contributed by atoms with Crippen LogP contribution in [-0.4, -0.2) is 56.9 Å². The lowest BCUT2D eigenvalue weighted by molar-refractivity contribution is -0.226. The molecule has 1 aromatic heterocycles. The number of carbonyl (C=O) groups is 1. The fourth-order valence-corrected chi connectivity index (χ4v) is 1.88. The van der Waals surface area contributed by atoms with Crippen molar-refractivity contribution >= 4 is 5.91 Å². The molecule has 0 spiro atoms. The van der Waals surface area contributed by atoms with Gasteiger partial charge < -0.3 is 20.1 Å². The third kappa shape index (κ3) is 3.11. The molecule has 1 aromatic rings. The Labute approximate surface area is 115 Å². The summed E-state index contributed by atoms with van der Waals surface area (Å²) in [5.41, 5.74) is 5.23. The van der Waals surface area contributed by atoms with E-state index in [-0.39, 0.29) is 0 Å². The van der Waals surface area contributed by atoms with Crippen molar-refractivity contribution in [1.82, 2.24) is 15.8 Å². The summed E-state index contributed by atoms with van der Waals surface area (Å²) in [6.45, 7) is 1.55. The normalized spacial score (nSPS) is 33.7. The Hall–Kier alpha value is -1.58. The second-order valence-electron chi connectivity index (χ2n) is 4.57. The Kier molecular flexibility index (Phi) is 4.63. The summed E-state index contributed by atoms with van der Waals surface area (Å²) < 4.78 is 5.27. The van der Waals surface area contributed by atoms with Crippen LogP contribution in [0.15, 0.2) is 24.5 Å². The maximum absolute atomic E-state index is 11.8. The summed E-state index contributed by atoms with van der Waals surface area (Å²) in [5.74, 6) is -0.434. The van der Waals surface area contributed by atoms with Crippen LogP contribution in [0.3, 0.4) is 0 Å². The number of aromatic nitrogens is 1. The number of amides is 1. The van der Waals surface area contributed by atoms with E-state index in [2.05, 4.69) is 15.8 Å². The molecule has 0 aromatic carbocycles. The highest BCUT2D eigenvalue weighted by atomic mass is 16.5. The molecule has 8 nitrogen and oxygen atoms in total. The summed E-state index contributed by atoms with van der Waals surface area (Å²) in [6.07, 6.45) is -2.64. The molecular weight excluding hydrogens is 266 g/mol. The van der Waals surface area contributed by atoms with Gasteiger partial charge in [-0.15, -0.1) is 0 Å². The Morgan fingerprint density at radius 1 is 1.20 bits per heavy atom. The highest BCUT2D eigenvalue weighted by Gasteiger charge is 2.41. The second-order valence-corrected chi connectivity index (χ2v) is 4.57. The average Bonchev–Trinajstić information content (AvgIpc) is 2.48. The highest BCUT2D eigenvalue weighted by molar-refractivity contribution is 5.93. The van der Waals surface area contributed by atoms with E-state index in [4.69, 9.17) is 4.74 Å². The average molecular weight is 283 g/mol. The first-order valence-electron chi connectivity index (χ1n) is 6.16. The van der Waals surface area contributed by atoms with Crippen molar-refractivity contribution < 1.29 is 24.9 Å². The third-order valence-electron chi connectivity index (χ3n) is 3.12. The summed E-state index contributed by atoms with van der Waals surface area (Å²) in [5, 5.41) is 28.9. The number of carbonyl (C=O) groups excluding carboxylic acids is 1. The van der Waals surface area contributed by atoms with Gasteiger partial charge in [0.25, 0.3) is 5.91 Å². The maximum Gasteiger partial charge on any atom is 0.265 e. The number of pyridine rings is 1. The van der Waals surface area contributed by atoms with Gasteiger partial charge in [0.1, 0.15) is 18.3 Å². The fraction of sp³-hybridized carbons (Fsp3) is 0.500. The molecule has 1 aliphatic heterocycles. The minimum atomic E-state index is -1.36. The van der Waals surface area contributed by atoms with Crippen molar-refractivity contribution in [2.45, 2.75) is 37.6 Å². The van der Waals surface area contributed by atoms with Crippen LogP contribution in [-0.2, 0) is 4.74 Å². The van der Waals surface area contributed by atoms with Crippen molar-refractivity contribution in [2.24, 2.45) is 0 Å². The van der Waals surface area contributed by atoms with Gasteiger partial charge in [0, 0.05) is 18.0 Å². The molecule has 20 heavy (non-hydrogen) atoms. The lowest BCUT2D eigenvalue weighted by Gasteiger charge is -2.39. The third-order valence-corrected chi connectivity index (χ3v) is 3.12. The molecule has 5 N–H and O–H groups in total. The molecule has 1 aliphatic rings. The molecule has 0 aliphatic carbocycles. The first kappa shape index (κ1) is 14.8. The van der Waals surface area contributed by atoms with Crippen LogP contribution in [0, 0.1) is 0 Å².